The van der Waals surface area contributed by atoms with Crippen LogP contribution >= 0.6 is 23.5 Å². The number of methoxy groups -OCH3 is 2. The molecule has 27 heavy (non-hydrogen) atoms. The molecular weight excluding hydrogens is 378 g/mol. The van der Waals surface area contributed by atoms with Gasteiger partial charge in [0.1, 0.15) is 10.8 Å². The van der Waals surface area contributed by atoms with Gasteiger partial charge in [0, 0.05) is 12.3 Å². The van der Waals surface area contributed by atoms with E-state index in [2.05, 4.69) is 28.9 Å². The summed E-state index contributed by atoms with van der Waals surface area (Å²) in [7, 11) is 3.25. The van der Waals surface area contributed by atoms with Crippen LogP contribution < -0.4 is 9.47 Å². The molecule has 140 valence electrons. The fraction of sp³-hybridized carbons (Fsp3) is 0.250. The van der Waals surface area contributed by atoms with Gasteiger partial charge in [-0.3, -0.25) is 0 Å². The number of hydrogen-bond donors (Lipinski definition) is 0. The van der Waals surface area contributed by atoms with Crippen LogP contribution in [0.15, 0.2) is 69.1 Å². The molecule has 1 aliphatic heterocycles. The van der Waals surface area contributed by atoms with Crippen molar-refractivity contribution in [3.8, 4) is 11.6 Å². The average Bonchev–Trinajstić information content (AvgIpc) is 2.68. The van der Waals surface area contributed by atoms with Gasteiger partial charge in [0.25, 0.3) is 0 Å². The highest BCUT2D eigenvalue weighted by Gasteiger charge is 2.24. The minimum atomic E-state index is 0.328. The summed E-state index contributed by atoms with van der Waals surface area (Å²) in [6, 6.07) is 9.45. The van der Waals surface area contributed by atoms with E-state index < -0.39 is 0 Å². The van der Waals surface area contributed by atoms with Gasteiger partial charge < -0.3 is 9.47 Å². The SMILES string of the molecule is C=C1CC(C)/C(=C\Sc2nccc(OC)n2)C(=Nc2ccc(OC)cc2)S1. The van der Waals surface area contributed by atoms with Crippen molar-refractivity contribution < 1.29 is 9.47 Å². The molecule has 1 unspecified atom stereocenters. The van der Waals surface area contributed by atoms with Crippen LogP contribution in [0.1, 0.15) is 13.3 Å². The number of hydrogen-bond acceptors (Lipinski definition) is 7. The van der Waals surface area contributed by atoms with Crippen molar-refractivity contribution >= 4 is 34.3 Å². The van der Waals surface area contributed by atoms with E-state index in [1.165, 1.54) is 17.3 Å². The minimum absolute atomic E-state index is 0.328. The molecular formula is C20H21N3O2S2. The third kappa shape index (κ3) is 5.14. The molecule has 1 saturated heterocycles. The molecule has 1 atom stereocenters. The number of ether oxygens (including phenoxy) is 2. The molecule has 2 heterocycles. The zero-order valence-corrected chi connectivity index (χ0v) is 17.1. The first-order chi connectivity index (χ1) is 13.1. The van der Waals surface area contributed by atoms with Crippen LogP contribution in [0, 0.1) is 5.92 Å². The van der Waals surface area contributed by atoms with Crippen molar-refractivity contribution in [3.63, 3.8) is 0 Å². The van der Waals surface area contributed by atoms with Crippen LogP contribution in [-0.2, 0) is 0 Å². The van der Waals surface area contributed by atoms with E-state index in [4.69, 9.17) is 14.5 Å². The molecule has 0 saturated carbocycles. The molecule has 0 amide bonds. The zero-order valence-electron chi connectivity index (χ0n) is 15.5. The van der Waals surface area contributed by atoms with E-state index in [1.807, 2.05) is 24.3 Å². The van der Waals surface area contributed by atoms with Gasteiger partial charge in [-0.1, -0.05) is 37.0 Å². The smallest absolute Gasteiger partial charge is 0.217 e. The molecule has 5 nitrogen and oxygen atoms in total. The first-order valence-electron chi connectivity index (χ1n) is 8.41. The molecule has 0 radical (unpaired) electrons. The standard InChI is InChI=1S/C20H21N3O2S2/c1-13-11-14(2)27-19(22-15-5-7-16(24-3)8-6-15)17(13)12-26-20-21-10-9-18(23-20)25-4/h5-10,12-13H,2,11H2,1,3-4H3/b17-12+,22-19?. The molecule has 1 aliphatic rings. The predicted octanol–water partition coefficient (Wildman–Crippen LogP) is 5.49. The lowest BCUT2D eigenvalue weighted by atomic mass is 9.99. The van der Waals surface area contributed by atoms with Gasteiger partial charge in [0.05, 0.1) is 19.9 Å². The van der Waals surface area contributed by atoms with Gasteiger partial charge in [-0.2, -0.15) is 4.98 Å². The number of rotatable bonds is 5. The maximum Gasteiger partial charge on any atom is 0.217 e. The number of aliphatic imine (C=N–C) groups is 1. The quantitative estimate of drug-likeness (QED) is 0.490. The first-order valence-corrected chi connectivity index (χ1v) is 10.1. The Morgan fingerprint density at radius 2 is 2.00 bits per heavy atom. The maximum atomic E-state index is 5.21. The number of benzene rings is 1. The highest BCUT2D eigenvalue weighted by Crippen LogP contribution is 2.40. The molecule has 3 rings (SSSR count). The summed E-state index contributed by atoms with van der Waals surface area (Å²) in [5.41, 5.74) is 2.05. The number of thioether (sulfide) groups is 2. The van der Waals surface area contributed by atoms with E-state index in [1.54, 1.807) is 38.2 Å². The van der Waals surface area contributed by atoms with Crippen molar-refractivity contribution in [3.05, 3.63) is 59.0 Å². The van der Waals surface area contributed by atoms with E-state index in [0.29, 0.717) is 17.0 Å². The van der Waals surface area contributed by atoms with Gasteiger partial charge in [0.15, 0.2) is 5.16 Å². The fourth-order valence-corrected chi connectivity index (χ4v) is 4.59. The summed E-state index contributed by atoms with van der Waals surface area (Å²) < 4.78 is 10.4. The van der Waals surface area contributed by atoms with Gasteiger partial charge >= 0.3 is 0 Å². The van der Waals surface area contributed by atoms with E-state index >= 15 is 0 Å². The second kappa shape index (κ2) is 9.10. The number of allylic oxidation sites excluding steroid dienone is 1. The van der Waals surface area contributed by atoms with Crippen molar-refractivity contribution in [2.75, 3.05) is 14.2 Å². The molecule has 1 aromatic heterocycles. The Labute approximate surface area is 168 Å². The van der Waals surface area contributed by atoms with Crippen molar-refractivity contribution in [2.24, 2.45) is 10.9 Å². The highest BCUT2D eigenvalue weighted by atomic mass is 32.2. The Morgan fingerprint density at radius 3 is 2.70 bits per heavy atom. The lowest BCUT2D eigenvalue weighted by Crippen LogP contribution is -2.14. The lowest BCUT2D eigenvalue weighted by molar-refractivity contribution is 0.392. The van der Waals surface area contributed by atoms with Gasteiger partial charge in [0.2, 0.25) is 5.88 Å². The Bertz CT molecular complexity index is 879. The topological polar surface area (TPSA) is 56.6 Å². The third-order valence-electron chi connectivity index (χ3n) is 3.96. The normalized spacial score (nSPS) is 20.1. The Hall–Kier alpha value is -2.25. The van der Waals surface area contributed by atoms with E-state index in [0.717, 1.165) is 27.8 Å². The largest absolute Gasteiger partial charge is 0.497 e. The van der Waals surface area contributed by atoms with E-state index in [-0.39, 0.29) is 0 Å². The van der Waals surface area contributed by atoms with Crippen LogP contribution in [0.3, 0.4) is 0 Å². The molecule has 1 fully saturated rings. The Kier molecular flexibility index (Phi) is 6.58. The minimum Gasteiger partial charge on any atom is -0.497 e. The highest BCUT2D eigenvalue weighted by molar-refractivity contribution is 8.17. The van der Waals surface area contributed by atoms with Crippen molar-refractivity contribution in [1.82, 2.24) is 9.97 Å². The number of aromatic nitrogens is 2. The van der Waals surface area contributed by atoms with Crippen LogP contribution in [0.25, 0.3) is 0 Å². The number of nitrogens with zero attached hydrogens (tertiary/aromatic N) is 3. The lowest BCUT2D eigenvalue weighted by Gasteiger charge is -2.24. The monoisotopic (exact) mass is 399 g/mol. The second-order valence-corrected chi connectivity index (χ2v) is 7.94. The van der Waals surface area contributed by atoms with Crippen LogP contribution in [0.5, 0.6) is 11.6 Å². The summed E-state index contributed by atoms with van der Waals surface area (Å²) >= 11 is 3.10. The fourth-order valence-electron chi connectivity index (χ4n) is 2.54. The van der Waals surface area contributed by atoms with Gasteiger partial charge in [-0.15, -0.1) is 0 Å². The molecule has 0 bridgehead atoms. The second-order valence-electron chi connectivity index (χ2n) is 5.93. The molecule has 7 heteroatoms. The summed E-state index contributed by atoms with van der Waals surface area (Å²) in [6.07, 6.45) is 2.62. The first kappa shape index (κ1) is 19.5. The van der Waals surface area contributed by atoms with Crippen LogP contribution in [-0.4, -0.2) is 29.2 Å². The molecule has 0 spiro atoms. The maximum absolute atomic E-state index is 5.21. The van der Waals surface area contributed by atoms with Crippen molar-refractivity contribution in [2.45, 2.75) is 18.5 Å². The van der Waals surface area contributed by atoms with Gasteiger partial charge in [-0.25, -0.2) is 9.98 Å². The summed E-state index contributed by atoms with van der Waals surface area (Å²) in [6.45, 7) is 6.33. The Balaban J connectivity index is 1.88. The molecule has 0 N–H and O–H groups in total. The van der Waals surface area contributed by atoms with Crippen LogP contribution in [0.2, 0.25) is 0 Å². The predicted molar refractivity (Wildman–Crippen MR) is 113 cm³/mol. The Morgan fingerprint density at radius 1 is 1.22 bits per heavy atom. The van der Waals surface area contributed by atoms with Gasteiger partial charge in [-0.05, 0) is 52.5 Å². The summed E-state index contributed by atoms with van der Waals surface area (Å²) in [5.74, 6) is 1.70. The molecule has 0 aliphatic carbocycles. The van der Waals surface area contributed by atoms with Crippen molar-refractivity contribution in [1.29, 1.82) is 0 Å². The third-order valence-corrected chi connectivity index (χ3v) is 5.72. The molecule has 1 aromatic carbocycles. The molecule has 2 aromatic rings. The summed E-state index contributed by atoms with van der Waals surface area (Å²) in [5, 5.41) is 3.69. The van der Waals surface area contributed by atoms with Crippen LogP contribution in [0.4, 0.5) is 5.69 Å². The van der Waals surface area contributed by atoms with E-state index in [9.17, 15) is 0 Å². The summed E-state index contributed by atoms with van der Waals surface area (Å²) in [4.78, 5) is 14.6. The average molecular weight is 400 g/mol. The zero-order chi connectivity index (χ0) is 19.2.